The highest BCUT2D eigenvalue weighted by Crippen LogP contribution is 2.22. The summed E-state index contributed by atoms with van der Waals surface area (Å²) in [5.41, 5.74) is 2.64. The summed E-state index contributed by atoms with van der Waals surface area (Å²) in [4.78, 5) is 16.4. The van der Waals surface area contributed by atoms with Crippen LogP contribution in [0.1, 0.15) is 56.1 Å². The van der Waals surface area contributed by atoms with E-state index in [0.717, 1.165) is 23.0 Å². The number of fused-ring (bicyclic) bond motifs is 1. The molecule has 1 atom stereocenters. The van der Waals surface area contributed by atoms with Crippen molar-refractivity contribution in [1.82, 2.24) is 10.3 Å². The molecule has 0 saturated heterocycles. The summed E-state index contributed by atoms with van der Waals surface area (Å²) >= 11 is 0. The molecule has 2 rings (SSSR count). The maximum Gasteiger partial charge on any atom is 0.251 e. The first-order chi connectivity index (χ1) is 9.67. The van der Waals surface area contributed by atoms with Crippen LogP contribution in [0.25, 0.3) is 10.9 Å². The first kappa shape index (κ1) is 16.2. The first-order valence-electron chi connectivity index (χ1n) is 7.29. The summed E-state index contributed by atoms with van der Waals surface area (Å²) in [5, 5.41) is 3.56. The molecule has 1 N–H and O–H groups in total. The Balaban J connectivity index is 0.000000956. The molecule has 1 heterocycles. The van der Waals surface area contributed by atoms with Crippen molar-refractivity contribution in [3.63, 3.8) is 0 Å². The second-order valence-electron chi connectivity index (χ2n) is 4.50. The lowest BCUT2D eigenvalue weighted by molar-refractivity contribution is 0.0964. The van der Waals surface area contributed by atoms with Crippen LogP contribution in [0.5, 0.6) is 0 Å². The molecule has 3 nitrogen and oxygen atoms in total. The van der Waals surface area contributed by atoms with Crippen molar-refractivity contribution in [2.45, 2.75) is 40.0 Å². The molecule has 3 heteroatoms. The van der Waals surface area contributed by atoms with Crippen molar-refractivity contribution in [3.05, 3.63) is 41.6 Å². The predicted octanol–water partition coefficient (Wildman–Crippen LogP) is 4.13. The normalized spacial score (nSPS) is 11.4. The molecule has 20 heavy (non-hydrogen) atoms. The van der Waals surface area contributed by atoms with Gasteiger partial charge in [0.25, 0.3) is 5.91 Å². The van der Waals surface area contributed by atoms with Gasteiger partial charge in [-0.1, -0.05) is 39.8 Å². The van der Waals surface area contributed by atoms with Crippen molar-refractivity contribution < 1.29 is 4.79 Å². The van der Waals surface area contributed by atoms with E-state index in [0.29, 0.717) is 11.5 Å². The molecule has 1 aromatic carbocycles. The Hall–Kier alpha value is -1.90. The lowest BCUT2D eigenvalue weighted by atomic mass is 10.0. The van der Waals surface area contributed by atoms with Gasteiger partial charge in [-0.3, -0.25) is 9.78 Å². The van der Waals surface area contributed by atoms with Crippen LogP contribution in [0.2, 0.25) is 0 Å². The van der Waals surface area contributed by atoms with Crippen LogP contribution < -0.4 is 5.32 Å². The van der Waals surface area contributed by atoms with Gasteiger partial charge in [0, 0.05) is 23.7 Å². The Morgan fingerprint density at radius 1 is 1.25 bits per heavy atom. The number of amides is 1. The fourth-order valence-electron chi connectivity index (χ4n) is 1.99. The van der Waals surface area contributed by atoms with Crippen molar-refractivity contribution in [2.24, 2.45) is 0 Å². The lowest BCUT2D eigenvalue weighted by Gasteiger charge is -2.10. The summed E-state index contributed by atoms with van der Waals surface area (Å²) < 4.78 is 0. The minimum Gasteiger partial charge on any atom is -0.355 e. The highest BCUT2D eigenvalue weighted by atomic mass is 16.1. The number of benzene rings is 1. The first-order valence-corrected chi connectivity index (χ1v) is 7.29. The molecule has 0 spiro atoms. The van der Waals surface area contributed by atoms with Gasteiger partial charge in [0.2, 0.25) is 0 Å². The van der Waals surface area contributed by atoms with Crippen molar-refractivity contribution >= 4 is 16.8 Å². The second kappa shape index (κ2) is 7.63. The average Bonchev–Trinajstić information content (AvgIpc) is 2.54. The van der Waals surface area contributed by atoms with E-state index in [-0.39, 0.29) is 5.91 Å². The van der Waals surface area contributed by atoms with Gasteiger partial charge in [0.15, 0.2) is 0 Å². The average molecular weight is 272 g/mol. The summed E-state index contributed by atoms with van der Waals surface area (Å²) in [6.07, 6.45) is 1.06. The summed E-state index contributed by atoms with van der Waals surface area (Å²) in [5.74, 6) is 0.372. The summed E-state index contributed by atoms with van der Waals surface area (Å²) in [6.45, 7) is 8.31. The number of nitrogens with one attached hydrogen (secondary N) is 1. The minimum absolute atomic E-state index is 0.0707. The molecule has 0 bridgehead atoms. The number of hydrogen-bond donors (Lipinski definition) is 1. The monoisotopic (exact) mass is 272 g/mol. The Morgan fingerprint density at radius 3 is 2.55 bits per heavy atom. The molecule has 1 aromatic heterocycles. The highest BCUT2D eigenvalue weighted by Gasteiger charge is 2.10. The van der Waals surface area contributed by atoms with Gasteiger partial charge >= 0.3 is 0 Å². The van der Waals surface area contributed by atoms with Gasteiger partial charge in [0.1, 0.15) is 0 Å². The fraction of sp³-hybridized carbons (Fsp3) is 0.412. The maximum absolute atomic E-state index is 11.8. The zero-order valence-electron chi connectivity index (χ0n) is 13.0. The van der Waals surface area contributed by atoms with Crippen LogP contribution >= 0.6 is 0 Å². The number of carbonyl (C=O) groups excluding carboxylic acids is 1. The summed E-state index contributed by atoms with van der Waals surface area (Å²) in [6, 6.07) is 9.66. The van der Waals surface area contributed by atoms with Gasteiger partial charge in [-0.05, 0) is 30.5 Å². The van der Waals surface area contributed by atoms with Gasteiger partial charge in [-0.2, -0.15) is 0 Å². The van der Waals surface area contributed by atoms with E-state index < -0.39 is 0 Å². The van der Waals surface area contributed by atoms with Gasteiger partial charge < -0.3 is 5.32 Å². The van der Waals surface area contributed by atoms with Crippen LogP contribution in [0.3, 0.4) is 0 Å². The molecule has 2 aromatic rings. The molecule has 1 amide bonds. The Kier molecular flexibility index (Phi) is 6.16. The van der Waals surface area contributed by atoms with E-state index in [1.54, 1.807) is 7.05 Å². The molecule has 0 saturated carbocycles. The van der Waals surface area contributed by atoms with Crippen LogP contribution in [-0.4, -0.2) is 17.9 Å². The number of nitrogens with zero attached hydrogens (tertiary/aromatic N) is 1. The van der Waals surface area contributed by atoms with Gasteiger partial charge in [0.05, 0.1) is 5.52 Å². The second-order valence-corrected chi connectivity index (χ2v) is 4.50. The molecule has 0 fully saturated rings. The predicted molar refractivity (Wildman–Crippen MR) is 85.2 cm³/mol. The van der Waals surface area contributed by atoms with Crippen molar-refractivity contribution in [3.8, 4) is 0 Å². The quantitative estimate of drug-likeness (QED) is 0.912. The van der Waals surface area contributed by atoms with E-state index in [4.69, 9.17) is 0 Å². The largest absolute Gasteiger partial charge is 0.355 e. The fourth-order valence-corrected chi connectivity index (χ4v) is 1.99. The van der Waals surface area contributed by atoms with E-state index in [9.17, 15) is 4.79 Å². The number of aromatic nitrogens is 1. The zero-order chi connectivity index (χ0) is 15.1. The van der Waals surface area contributed by atoms with Crippen LogP contribution in [0.15, 0.2) is 30.3 Å². The van der Waals surface area contributed by atoms with Crippen molar-refractivity contribution in [2.75, 3.05) is 7.05 Å². The Morgan fingerprint density at radius 2 is 1.95 bits per heavy atom. The Labute approximate surface area is 121 Å². The SMILES string of the molecule is CC.CCC(C)c1ccc2c(C(=O)NC)cccc2n1. The standard InChI is InChI=1S/C15H18N2O.C2H6/c1-4-10(2)13-9-8-11-12(15(18)16-3)6-5-7-14(11)17-13;1-2/h5-10H,4H2,1-3H3,(H,16,18);1-2H3. The topological polar surface area (TPSA) is 42.0 Å². The number of hydrogen-bond acceptors (Lipinski definition) is 2. The number of rotatable bonds is 3. The Bertz CT molecular complexity index is 578. The molecule has 0 radical (unpaired) electrons. The van der Waals surface area contributed by atoms with Crippen LogP contribution in [-0.2, 0) is 0 Å². The van der Waals surface area contributed by atoms with Gasteiger partial charge in [-0.25, -0.2) is 0 Å². The maximum atomic E-state index is 11.8. The van der Waals surface area contributed by atoms with Gasteiger partial charge in [-0.15, -0.1) is 0 Å². The third kappa shape index (κ3) is 3.35. The molecule has 108 valence electrons. The minimum atomic E-state index is -0.0707. The zero-order valence-corrected chi connectivity index (χ0v) is 13.0. The molecular formula is C17H24N2O. The molecule has 1 unspecified atom stereocenters. The van der Waals surface area contributed by atoms with E-state index in [1.807, 2.05) is 44.2 Å². The van der Waals surface area contributed by atoms with Crippen molar-refractivity contribution in [1.29, 1.82) is 0 Å². The third-order valence-corrected chi connectivity index (χ3v) is 3.34. The van der Waals surface area contributed by atoms with E-state index >= 15 is 0 Å². The lowest BCUT2D eigenvalue weighted by Crippen LogP contribution is -2.18. The third-order valence-electron chi connectivity index (χ3n) is 3.34. The number of pyridine rings is 1. The molecule has 0 aliphatic heterocycles. The molecule has 0 aliphatic rings. The van der Waals surface area contributed by atoms with E-state index in [1.165, 1.54) is 0 Å². The summed E-state index contributed by atoms with van der Waals surface area (Å²) in [7, 11) is 1.64. The van der Waals surface area contributed by atoms with E-state index in [2.05, 4.69) is 24.1 Å². The smallest absolute Gasteiger partial charge is 0.251 e. The number of carbonyl (C=O) groups is 1. The van der Waals surface area contributed by atoms with Crippen LogP contribution in [0.4, 0.5) is 0 Å². The van der Waals surface area contributed by atoms with Crippen LogP contribution in [0, 0.1) is 0 Å². The molecular weight excluding hydrogens is 248 g/mol. The molecule has 0 aliphatic carbocycles. The highest BCUT2D eigenvalue weighted by molar-refractivity contribution is 6.06.